The number of benzene rings is 2. The summed E-state index contributed by atoms with van der Waals surface area (Å²) in [6.07, 6.45) is 3.50. The van der Waals surface area contributed by atoms with Crippen LogP contribution in [0, 0.1) is 0 Å². The second-order valence-electron chi connectivity index (χ2n) is 4.80. The summed E-state index contributed by atoms with van der Waals surface area (Å²) >= 11 is 0. The number of nitrogens with one attached hydrogen (secondary N) is 3. The second kappa shape index (κ2) is 6.58. The van der Waals surface area contributed by atoms with E-state index in [1.165, 1.54) is 0 Å². The fourth-order valence-corrected chi connectivity index (χ4v) is 2.15. The van der Waals surface area contributed by atoms with E-state index in [9.17, 15) is 4.79 Å². The topological polar surface area (TPSA) is 69.3 Å². The Hall–Kier alpha value is -3.08. The summed E-state index contributed by atoms with van der Waals surface area (Å²) in [6.45, 7) is 0.176. The summed E-state index contributed by atoms with van der Waals surface area (Å²) < 4.78 is 0. The fourth-order valence-electron chi connectivity index (χ4n) is 2.15. The van der Waals surface area contributed by atoms with E-state index in [1.807, 2.05) is 60.8 Å². The third-order valence-corrected chi connectivity index (χ3v) is 3.24. The molecule has 0 aliphatic heterocycles. The van der Waals surface area contributed by atoms with Crippen LogP contribution in [-0.2, 0) is 4.79 Å². The molecule has 0 atom stereocenters. The lowest BCUT2D eigenvalue weighted by atomic mass is 10.2. The molecule has 110 valence electrons. The third-order valence-electron chi connectivity index (χ3n) is 3.24. The molecule has 1 aromatic heterocycles. The van der Waals surface area contributed by atoms with E-state index in [-0.39, 0.29) is 12.5 Å². The van der Waals surface area contributed by atoms with Crippen LogP contribution < -0.4 is 10.7 Å². The van der Waals surface area contributed by atoms with Crippen molar-refractivity contribution in [2.24, 2.45) is 5.10 Å². The van der Waals surface area contributed by atoms with Gasteiger partial charge in [0.2, 0.25) is 0 Å². The van der Waals surface area contributed by atoms with E-state index in [0.29, 0.717) is 0 Å². The smallest absolute Gasteiger partial charge is 0.259 e. The molecule has 0 unspecified atom stereocenters. The number of hydrogen-bond acceptors (Lipinski definition) is 3. The van der Waals surface area contributed by atoms with Crippen LogP contribution in [0.2, 0.25) is 0 Å². The van der Waals surface area contributed by atoms with Crippen molar-refractivity contribution >= 4 is 28.7 Å². The molecule has 3 aromatic rings. The number of hydrazone groups is 1. The molecule has 1 amide bonds. The molecule has 2 aromatic carbocycles. The molecule has 0 bridgehead atoms. The second-order valence-corrected chi connectivity index (χ2v) is 4.80. The first kappa shape index (κ1) is 13.9. The van der Waals surface area contributed by atoms with Crippen molar-refractivity contribution in [3.63, 3.8) is 0 Å². The molecule has 0 saturated carbocycles. The van der Waals surface area contributed by atoms with Gasteiger partial charge in [0.1, 0.15) is 0 Å². The minimum absolute atomic E-state index is 0.176. The molecule has 0 spiro atoms. The number of aromatic amines is 1. The molecular formula is C17H16N4O. The van der Waals surface area contributed by atoms with E-state index in [1.54, 1.807) is 6.21 Å². The summed E-state index contributed by atoms with van der Waals surface area (Å²) in [4.78, 5) is 14.9. The largest absolute Gasteiger partial charge is 0.376 e. The molecule has 0 aliphatic rings. The molecule has 22 heavy (non-hydrogen) atoms. The molecule has 5 nitrogen and oxygen atoms in total. The first-order valence-electron chi connectivity index (χ1n) is 7.00. The van der Waals surface area contributed by atoms with Crippen molar-refractivity contribution in [1.82, 2.24) is 10.4 Å². The molecular weight excluding hydrogens is 276 g/mol. The van der Waals surface area contributed by atoms with Gasteiger partial charge in [0.25, 0.3) is 5.91 Å². The lowest BCUT2D eigenvalue weighted by molar-refractivity contribution is -0.119. The minimum Gasteiger partial charge on any atom is -0.376 e. The monoisotopic (exact) mass is 292 g/mol. The van der Waals surface area contributed by atoms with Crippen LogP contribution in [0.15, 0.2) is 65.9 Å². The van der Waals surface area contributed by atoms with Crippen LogP contribution in [0.25, 0.3) is 10.9 Å². The van der Waals surface area contributed by atoms with Gasteiger partial charge in [0.05, 0.1) is 12.8 Å². The SMILES string of the molecule is O=C(CNc1ccccc1)N/N=C\c1c[nH]c2ccccc12. The zero-order valence-corrected chi connectivity index (χ0v) is 11.9. The Labute approximate surface area is 128 Å². The predicted molar refractivity (Wildman–Crippen MR) is 89.0 cm³/mol. The maximum Gasteiger partial charge on any atom is 0.259 e. The van der Waals surface area contributed by atoms with Crippen molar-refractivity contribution in [2.75, 3.05) is 11.9 Å². The summed E-state index contributed by atoms with van der Waals surface area (Å²) in [6, 6.07) is 17.5. The highest BCUT2D eigenvalue weighted by Crippen LogP contribution is 2.15. The number of carbonyl (C=O) groups excluding carboxylic acids is 1. The fraction of sp³-hybridized carbons (Fsp3) is 0.0588. The van der Waals surface area contributed by atoms with Crippen LogP contribution in [0.4, 0.5) is 5.69 Å². The van der Waals surface area contributed by atoms with E-state index in [4.69, 9.17) is 0 Å². The Balaban J connectivity index is 1.54. The van der Waals surface area contributed by atoms with Gasteiger partial charge in [-0.15, -0.1) is 0 Å². The predicted octanol–water partition coefficient (Wildman–Crippen LogP) is 2.73. The van der Waals surface area contributed by atoms with Crippen molar-refractivity contribution < 1.29 is 4.79 Å². The Morgan fingerprint density at radius 2 is 1.86 bits per heavy atom. The lowest BCUT2D eigenvalue weighted by Crippen LogP contribution is -2.25. The first-order chi connectivity index (χ1) is 10.8. The number of nitrogens with zero attached hydrogens (tertiary/aromatic N) is 1. The Morgan fingerprint density at radius 3 is 2.73 bits per heavy atom. The van der Waals surface area contributed by atoms with Crippen LogP contribution in [0.1, 0.15) is 5.56 Å². The number of rotatable bonds is 5. The summed E-state index contributed by atoms with van der Waals surface area (Å²) in [7, 11) is 0. The van der Waals surface area contributed by atoms with Gasteiger partial charge >= 0.3 is 0 Å². The van der Waals surface area contributed by atoms with Gasteiger partial charge < -0.3 is 10.3 Å². The molecule has 5 heteroatoms. The normalized spacial score (nSPS) is 10.9. The molecule has 3 N–H and O–H groups in total. The Kier molecular flexibility index (Phi) is 4.15. The third kappa shape index (κ3) is 3.32. The van der Waals surface area contributed by atoms with Gasteiger partial charge in [-0.05, 0) is 18.2 Å². The molecule has 0 saturated heterocycles. The Bertz CT molecular complexity index is 793. The van der Waals surface area contributed by atoms with Gasteiger partial charge in [-0.2, -0.15) is 5.10 Å². The lowest BCUT2D eigenvalue weighted by Gasteiger charge is -2.04. The quantitative estimate of drug-likeness (QED) is 0.500. The minimum atomic E-state index is -0.194. The van der Waals surface area contributed by atoms with Crippen molar-refractivity contribution in [3.05, 3.63) is 66.4 Å². The van der Waals surface area contributed by atoms with E-state index < -0.39 is 0 Å². The average Bonchev–Trinajstić information content (AvgIpc) is 2.97. The number of amides is 1. The number of H-pyrrole nitrogens is 1. The average molecular weight is 292 g/mol. The van der Waals surface area contributed by atoms with Crippen molar-refractivity contribution in [3.8, 4) is 0 Å². The van der Waals surface area contributed by atoms with Gasteiger partial charge in [-0.3, -0.25) is 4.79 Å². The maximum atomic E-state index is 11.7. The highest BCUT2D eigenvalue weighted by Gasteiger charge is 2.01. The summed E-state index contributed by atoms with van der Waals surface area (Å²) in [5.74, 6) is -0.194. The van der Waals surface area contributed by atoms with Crippen LogP contribution >= 0.6 is 0 Å². The van der Waals surface area contributed by atoms with E-state index >= 15 is 0 Å². The Morgan fingerprint density at radius 1 is 1.09 bits per heavy atom. The molecule has 0 fully saturated rings. The number of fused-ring (bicyclic) bond motifs is 1. The number of anilines is 1. The van der Waals surface area contributed by atoms with Gasteiger partial charge in [0.15, 0.2) is 0 Å². The number of para-hydroxylation sites is 2. The number of carbonyl (C=O) groups is 1. The summed E-state index contributed by atoms with van der Waals surface area (Å²) in [5.41, 5.74) is 5.39. The zero-order valence-electron chi connectivity index (χ0n) is 11.9. The van der Waals surface area contributed by atoms with Gasteiger partial charge in [-0.25, -0.2) is 5.43 Å². The van der Waals surface area contributed by atoms with Crippen LogP contribution in [-0.4, -0.2) is 23.7 Å². The molecule has 1 heterocycles. The zero-order chi connectivity index (χ0) is 15.2. The maximum absolute atomic E-state index is 11.7. The van der Waals surface area contributed by atoms with E-state index in [2.05, 4.69) is 20.8 Å². The number of hydrogen-bond donors (Lipinski definition) is 3. The highest BCUT2D eigenvalue weighted by atomic mass is 16.2. The van der Waals surface area contributed by atoms with E-state index in [0.717, 1.165) is 22.2 Å². The van der Waals surface area contributed by atoms with Gasteiger partial charge in [-0.1, -0.05) is 36.4 Å². The van der Waals surface area contributed by atoms with Crippen LogP contribution in [0.5, 0.6) is 0 Å². The van der Waals surface area contributed by atoms with Crippen molar-refractivity contribution in [2.45, 2.75) is 0 Å². The highest BCUT2D eigenvalue weighted by molar-refractivity contribution is 5.99. The van der Waals surface area contributed by atoms with Gasteiger partial charge in [0, 0.05) is 28.4 Å². The first-order valence-corrected chi connectivity index (χ1v) is 7.00. The summed E-state index contributed by atoms with van der Waals surface area (Å²) in [5, 5.41) is 8.09. The molecule has 0 radical (unpaired) electrons. The number of aromatic nitrogens is 1. The van der Waals surface area contributed by atoms with Crippen molar-refractivity contribution in [1.29, 1.82) is 0 Å². The molecule has 0 aliphatic carbocycles. The molecule has 3 rings (SSSR count). The standard InChI is InChI=1S/C17H16N4O/c22-17(12-18-14-6-2-1-3-7-14)21-20-11-13-10-19-16-9-5-4-8-15(13)16/h1-11,18-19H,12H2,(H,21,22)/b20-11-. The van der Waals surface area contributed by atoms with Crippen LogP contribution in [0.3, 0.4) is 0 Å².